The Morgan fingerprint density at radius 3 is 2.63 bits per heavy atom. The van der Waals surface area contributed by atoms with E-state index in [4.69, 9.17) is 11.6 Å². The van der Waals surface area contributed by atoms with E-state index in [0.29, 0.717) is 10.6 Å². The molecule has 0 aliphatic carbocycles. The molecule has 1 atom stereocenters. The van der Waals surface area contributed by atoms with Crippen LogP contribution in [0.3, 0.4) is 0 Å². The number of rotatable bonds is 3. The van der Waals surface area contributed by atoms with E-state index in [-0.39, 0.29) is 11.9 Å². The smallest absolute Gasteiger partial charge is 0.128 e. The molecule has 4 heteroatoms. The van der Waals surface area contributed by atoms with Gasteiger partial charge in [0.1, 0.15) is 5.82 Å². The first-order valence-corrected chi connectivity index (χ1v) is 7.09. The molecule has 0 saturated heterocycles. The third-order valence-electron chi connectivity index (χ3n) is 3.18. The summed E-state index contributed by atoms with van der Waals surface area (Å²) < 4.78 is 14.9. The van der Waals surface area contributed by atoms with Crippen molar-refractivity contribution in [2.24, 2.45) is 0 Å². The van der Waals surface area contributed by atoms with Crippen molar-refractivity contribution in [2.45, 2.75) is 13.0 Å². The minimum absolute atomic E-state index is 0.226. The fourth-order valence-corrected chi connectivity index (χ4v) is 2.71. The van der Waals surface area contributed by atoms with Crippen LogP contribution in [0.25, 0.3) is 0 Å². The largest absolute Gasteiger partial charge is 0.309 e. The fourth-order valence-electron chi connectivity index (χ4n) is 2.15. The molecular formula is C15H14BrClFN. The fraction of sp³-hybridized carbons (Fsp3) is 0.200. The normalized spacial score (nSPS) is 12.5. The highest BCUT2D eigenvalue weighted by atomic mass is 79.9. The lowest BCUT2D eigenvalue weighted by Gasteiger charge is -2.20. The molecule has 2 aromatic rings. The van der Waals surface area contributed by atoms with E-state index in [1.165, 1.54) is 6.07 Å². The van der Waals surface area contributed by atoms with Crippen LogP contribution >= 0.6 is 27.5 Å². The van der Waals surface area contributed by atoms with Gasteiger partial charge in [0.15, 0.2) is 0 Å². The quantitative estimate of drug-likeness (QED) is 0.840. The third kappa shape index (κ3) is 2.99. The second-order valence-electron chi connectivity index (χ2n) is 4.34. The Morgan fingerprint density at radius 2 is 1.95 bits per heavy atom. The van der Waals surface area contributed by atoms with Crippen LogP contribution in [-0.4, -0.2) is 7.05 Å². The van der Waals surface area contributed by atoms with Gasteiger partial charge < -0.3 is 5.32 Å². The van der Waals surface area contributed by atoms with Gasteiger partial charge in [-0.2, -0.15) is 0 Å². The Morgan fingerprint density at radius 1 is 1.21 bits per heavy atom. The number of hydrogen-bond donors (Lipinski definition) is 1. The van der Waals surface area contributed by atoms with Gasteiger partial charge in [0.05, 0.1) is 6.04 Å². The van der Waals surface area contributed by atoms with Crippen LogP contribution in [0.5, 0.6) is 0 Å². The molecule has 0 radical (unpaired) electrons. The molecule has 0 aliphatic heterocycles. The number of nitrogens with one attached hydrogen (secondary N) is 1. The van der Waals surface area contributed by atoms with Crippen molar-refractivity contribution in [2.75, 3.05) is 7.05 Å². The molecule has 0 saturated carbocycles. The number of halogens is 3. The van der Waals surface area contributed by atoms with Gasteiger partial charge >= 0.3 is 0 Å². The summed E-state index contributed by atoms with van der Waals surface area (Å²) in [7, 11) is 1.81. The molecule has 0 aliphatic rings. The maximum absolute atomic E-state index is 14.0. The van der Waals surface area contributed by atoms with Crippen molar-refractivity contribution in [1.29, 1.82) is 0 Å². The van der Waals surface area contributed by atoms with Crippen LogP contribution < -0.4 is 5.32 Å². The Hall–Kier alpha value is -0.900. The van der Waals surface area contributed by atoms with Gasteiger partial charge in [0.2, 0.25) is 0 Å². The van der Waals surface area contributed by atoms with Gasteiger partial charge in [0, 0.05) is 15.1 Å². The van der Waals surface area contributed by atoms with Gasteiger partial charge in [-0.25, -0.2) is 4.39 Å². The summed E-state index contributed by atoms with van der Waals surface area (Å²) in [5.74, 6) is -0.234. The van der Waals surface area contributed by atoms with Crippen LogP contribution in [0, 0.1) is 12.7 Å². The average molecular weight is 343 g/mol. The molecule has 1 nitrogen and oxygen atoms in total. The monoisotopic (exact) mass is 341 g/mol. The van der Waals surface area contributed by atoms with Gasteiger partial charge in [-0.3, -0.25) is 0 Å². The van der Waals surface area contributed by atoms with Gasteiger partial charge in [-0.05, 0) is 49.4 Å². The lowest BCUT2D eigenvalue weighted by molar-refractivity contribution is 0.575. The van der Waals surface area contributed by atoms with Gasteiger partial charge in [0.25, 0.3) is 0 Å². The number of hydrogen-bond acceptors (Lipinski definition) is 1. The molecule has 0 spiro atoms. The Labute approximate surface area is 125 Å². The molecule has 0 aromatic heterocycles. The first-order chi connectivity index (χ1) is 9.04. The first-order valence-electron chi connectivity index (χ1n) is 5.92. The van der Waals surface area contributed by atoms with E-state index in [0.717, 1.165) is 15.6 Å². The molecule has 0 fully saturated rings. The molecule has 2 rings (SSSR count). The second kappa shape index (κ2) is 6.04. The zero-order valence-corrected chi connectivity index (χ0v) is 13.0. The molecule has 19 heavy (non-hydrogen) atoms. The highest BCUT2D eigenvalue weighted by molar-refractivity contribution is 9.10. The zero-order chi connectivity index (χ0) is 14.0. The minimum atomic E-state index is -0.234. The first kappa shape index (κ1) is 14.5. The van der Waals surface area contributed by atoms with Crippen LogP contribution in [0.15, 0.2) is 40.9 Å². The minimum Gasteiger partial charge on any atom is -0.309 e. The van der Waals surface area contributed by atoms with Crippen LogP contribution in [0.1, 0.15) is 22.7 Å². The summed E-state index contributed by atoms with van der Waals surface area (Å²) in [6.45, 7) is 1.94. The molecule has 0 heterocycles. The van der Waals surface area contributed by atoms with Crippen molar-refractivity contribution in [1.82, 2.24) is 5.32 Å². The van der Waals surface area contributed by atoms with Gasteiger partial charge in [-0.15, -0.1) is 0 Å². The summed E-state index contributed by atoms with van der Waals surface area (Å²) in [4.78, 5) is 0. The average Bonchev–Trinajstić information content (AvgIpc) is 2.39. The maximum Gasteiger partial charge on any atom is 0.128 e. The molecule has 0 amide bonds. The summed E-state index contributed by atoms with van der Waals surface area (Å²) in [5, 5.41) is 3.84. The van der Waals surface area contributed by atoms with Crippen molar-refractivity contribution in [3.63, 3.8) is 0 Å². The number of benzene rings is 2. The lowest BCUT2D eigenvalue weighted by Crippen LogP contribution is -2.20. The Balaban J connectivity index is 2.56. The molecule has 1 N–H and O–H groups in total. The van der Waals surface area contributed by atoms with Crippen LogP contribution in [0.4, 0.5) is 4.39 Å². The van der Waals surface area contributed by atoms with Crippen LogP contribution in [-0.2, 0) is 0 Å². The predicted octanol–water partition coefficient (Wildman–Crippen LogP) is 4.86. The van der Waals surface area contributed by atoms with Crippen molar-refractivity contribution < 1.29 is 4.39 Å². The standard InChI is InChI=1S/C15H14BrClFN/c1-9-11(4-3-5-13(9)17)15(19-2)12-8-10(16)6-7-14(12)18/h3-8,15,19H,1-2H3. The van der Waals surface area contributed by atoms with E-state index in [9.17, 15) is 4.39 Å². The second-order valence-corrected chi connectivity index (χ2v) is 5.66. The molecule has 2 aromatic carbocycles. The summed E-state index contributed by atoms with van der Waals surface area (Å²) in [5.41, 5.74) is 2.54. The van der Waals surface area contributed by atoms with E-state index in [1.807, 2.05) is 32.2 Å². The van der Waals surface area contributed by atoms with Gasteiger partial charge in [-0.1, -0.05) is 39.7 Å². The van der Waals surface area contributed by atoms with E-state index < -0.39 is 0 Å². The molecule has 100 valence electrons. The maximum atomic E-state index is 14.0. The highest BCUT2D eigenvalue weighted by Gasteiger charge is 2.19. The van der Waals surface area contributed by atoms with E-state index in [2.05, 4.69) is 21.2 Å². The van der Waals surface area contributed by atoms with Crippen molar-refractivity contribution in [3.8, 4) is 0 Å². The summed E-state index contributed by atoms with van der Waals surface area (Å²) in [6.07, 6.45) is 0. The lowest BCUT2D eigenvalue weighted by atomic mass is 9.95. The Bertz CT molecular complexity index is 599. The topological polar surface area (TPSA) is 12.0 Å². The predicted molar refractivity (Wildman–Crippen MR) is 81.2 cm³/mol. The van der Waals surface area contributed by atoms with Crippen LogP contribution in [0.2, 0.25) is 5.02 Å². The van der Waals surface area contributed by atoms with E-state index in [1.54, 1.807) is 12.1 Å². The third-order valence-corrected chi connectivity index (χ3v) is 4.08. The molecule has 1 unspecified atom stereocenters. The summed E-state index contributed by atoms with van der Waals surface area (Å²) >= 11 is 9.52. The molecule has 0 bridgehead atoms. The zero-order valence-electron chi connectivity index (χ0n) is 10.7. The van der Waals surface area contributed by atoms with Crippen molar-refractivity contribution in [3.05, 3.63) is 68.4 Å². The summed E-state index contributed by atoms with van der Waals surface area (Å²) in [6, 6.07) is 10.4. The Kier molecular flexibility index (Phi) is 4.61. The van der Waals surface area contributed by atoms with E-state index >= 15 is 0 Å². The van der Waals surface area contributed by atoms with Crippen molar-refractivity contribution >= 4 is 27.5 Å². The highest BCUT2D eigenvalue weighted by Crippen LogP contribution is 2.31. The molecular weight excluding hydrogens is 329 g/mol. The SMILES string of the molecule is CNC(c1cc(Br)ccc1F)c1cccc(Cl)c1C.